The molecule has 8 heteroatoms. The molecule has 0 radical (unpaired) electrons. The molecule has 0 aliphatic heterocycles. The molecule has 1 unspecified atom stereocenters. The average Bonchev–Trinajstić information content (AvgIpc) is 3.37. The van der Waals surface area contributed by atoms with Crippen LogP contribution in [0.2, 0.25) is 0 Å². The normalized spacial score (nSPS) is 11.7. The van der Waals surface area contributed by atoms with Gasteiger partial charge < -0.3 is 24.7 Å². The first-order valence-corrected chi connectivity index (χ1v) is 9.75. The predicted molar refractivity (Wildman–Crippen MR) is 109 cm³/mol. The van der Waals surface area contributed by atoms with Gasteiger partial charge in [0.2, 0.25) is 0 Å². The maximum absolute atomic E-state index is 12.6. The molecule has 0 saturated heterocycles. The summed E-state index contributed by atoms with van der Waals surface area (Å²) in [6.07, 6.45) is 4.34. The van der Waals surface area contributed by atoms with Gasteiger partial charge in [-0.2, -0.15) is 0 Å². The fourth-order valence-corrected chi connectivity index (χ4v) is 3.59. The smallest absolute Gasteiger partial charge is 0.315 e. The summed E-state index contributed by atoms with van der Waals surface area (Å²) >= 11 is 1.68. The molecule has 2 heterocycles. The van der Waals surface area contributed by atoms with Gasteiger partial charge in [0.1, 0.15) is 23.4 Å². The fraction of sp³-hybridized carbons (Fsp3) is 0.300. The van der Waals surface area contributed by atoms with E-state index in [0.29, 0.717) is 23.9 Å². The van der Waals surface area contributed by atoms with Gasteiger partial charge in [0.05, 0.1) is 14.2 Å². The van der Waals surface area contributed by atoms with Gasteiger partial charge in [0, 0.05) is 36.9 Å². The molecule has 28 heavy (non-hydrogen) atoms. The maximum atomic E-state index is 12.6. The number of carbonyl (C=O) groups excluding carboxylic acids is 1. The number of ether oxygens (including phenoxy) is 2. The van der Waals surface area contributed by atoms with Crippen molar-refractivity contribution in [1.29, 1.82) is 0 Å². The summed E-state index contributed by atoms with van der Waals surface area (Å²) in [6, 6.07) is 8.88. The van der Waals surface area contributed by atoms with Crippen molar-refractivity contribution in [3.05, 3.63) is 64.4 Å². The Labute approximate surface area is 168 Å². The molecule has 2 amide bonds. The number of hydrogen-bond donors (Lipinski definition) is 2. The second kappa shape index (κ2) is 9.27. The number of hydrogen-bond acceptors (Lipinski definition) is 5. The van der Waals surface area contributed by atoms with E-state index in [4.69, 9.17) is 9.47 Å². The number of nitrogens with one attached hydrogen (secondary N) is 2. The number of imidazole rings is 1. The largest absolute Gasteiger partial charge is 0.497 e. The van der Waals surface area contributed by atoms with E-state index in [9.17, 15) is 4.79 Å². The minimum Gasteiger partial charge on any atom is -0.497 e. The second-order valence-electron chi connectivity index (χ2n) is 6.20. The van der Waals surface area contributed by atoms with Crippen molar-refractivity contribution in [1.82, 2.24) is 20.2 Å². The van der Waals surface area contributed by atoms with Gasteiger partial charge in [-0.25, -0.2) is 9.78 Å². The zero-order valence-corrected chi connectivity index (χ0v) is 17.0. The molecule has 2 N–H and O–H groups in total. The average molecular weight is 401 g/mol. The number of benzene rings is 1. The fourth-order valence-electron chi connectivity index (χ4n) is 2.88. The Balaban J connectivity index is 1.78. The lowest BCUT2D eigenvalue weighted by Gasteiger charge is -2.21. The molecule has 0 bridgehead atoms. The number of carbonyl (C=O) groups is 1. The molecule has 0 fully saturated rings. The number of nitrogens with zero attached hydrogens (tertiary/aromatic N) is 2. The van der Waals surface area contributed by atoms with Crippen LogP contribution in [0.5, 0.6) is 11.5 Å². The van der Waals surface area contributed by atoms with E-state index in [2.05, 4.69) is 21.7 Å². The highest BCUT2D eigenvalue weighted by Gasteiger charge is 2.22. The lowest BCUT2D eigenvalue weighted by atomic mass is 10.1. The van der Waals surface area contributed by atoms with Crippen molar-refractivity contribution in [2.24, 2.45) is 7.05 Å². The summed E-state index contributed by atoms with van der Waals surface area (Å²) in [7, 11) is 5.08. The topological polar surface area (TPSA) is 77.4 Å². The Morgan fingerprint density at radius 1 is 1.25 bits per heavy atom. The molecule has 0 aliphatic rings. The quantitative estimate of drug-likeness (QED) is 0.609. The molecule has 0 spiro atoms. The second-order valence-corrected chi connectivity index (χ2v) is 7.24. The Hall–Kier alpha value is -3.00. The van der Waals surface area contributed by atoms with Gasteiger partial charge in [-0.15, -0.1) is 11.3 Å². The number of aryl methyl sites for hydroxylation is 1. The summed E-state index contributed by atoms with van der Waals surface area (Å²) in [5, 5.41) is 7.97. The van der Waals surface area contributed by atoms with Crippen LogP contribution in [0.1, 0.15) is 22.3 Å². The van der Waals surface area contributed by atoms with Gasteiger partial charge in [-0.1, -0.05) is 6.07 Å². The molecule has 0 saturated carbocycles. The van der Waals surface area contributed by atoms with Gasteiger partial charge in [0.15, 0.2) is 0 Å². The third-order valence-corrected chi connectivity index (χ3v) is 5.27. The van der Waals surface area contributed by atoms with E-state index in [1.54, 1.807) is 37.8 Å². The van der Waals surface area contributed by atoms with E-state index in [0.717, 1.165) is 12.0 Å². The first-order valence-electron chi connectivity index (χ1n) is 8.87. The summed E-state index contributed by atoms with van der Waals surface area (Å²) in [4.78, 5) is 18.2. The van der Waals surface area contributed by atoms with Crippen molar-refractivity contribution in [3.63, 3.8) is 0 Å². The van der Waals surface area contributed by atoms with Crippen molar-refractivity contribution in [3.8, 4) is 11.5 Å². The van der Waals surface area contributed by atoms with Gasteiger partial charge >= 0.3 is 6.03 Å². The zero-order chi connectivity index (χ0) is 19.9. The lowest BCUT2D eigenvalue weighted by Crippen LogP contribution is -2.40. The lowest BCUT2D eigenvalue weighted by molar-refractivity contribution is 0.238. The Bertz CT molecular complexity index is 886. The number of urea groups is 1. The molecule has 3 aromatic rings. The van der Waals surface area contributed by atoms with E-state index in [1.807, 2.05) is 41.4 Å². The maximum Gasteiger partial charge on any atom is 0.315 e. The molecule has 148 valence electrons. The minimum atomic E-state index is -0.453. The molecule has 2 aromatic heterocycles. The van der Waals surface area contributed by atoms with Crippen LogP contribution in [0.15, 0.2) is 48.1 Å². The summed E-state index contributed by atoms with van der Waals surface area (Å²) in [6.45, 7) is 0.557. The van der Waals surface area contributed by atoms with Gasteiger partial charge in [-0.3, -0.25) is 0 Å². The molecule has 7 nitrogen and oxygen atoms in total. The van der Waals surface area contributed by atoms with Crippen LogP contribution < -0.4 is 20.1 Å². The van der Waals surface area contributed by atoms with Gasteiger partial charge in [0.25, 0.3) is 0 Å². The van der Waals surface area contributed by atoms with Gasteiger partial charge in [-0.05, 0) is 35.6 Å². The Kier molecular flexibility index (Phi) is 6.54. The molecule has 1 aromatic carbocycles. The van der Waals surface area contributed by atoms with Crippen LogP contribution in [0.4, 0.5) is 4.79 Å². The summed E-state index contributed by atoms with van der Waals surface area (Å²) in [5.74, 6) is 2.01. The van der Waals surface area contributed by atoms with Crippen LogP contribution in [0.25, 0.3) is 0 Å². The molecule has 1 atom stereocenters. The number of rotatable bonds is 8. The monoisotopic (exact) mass is 400 g/mol. The molecular weight excluding hydrogens is 376 g/mol. The highest BCUT2D eigenvalue weighted by Crippen LogP contribution is 2.29. The number of amides is 2. The van der Waals surface area contributed by atoms with E-state index in [-0.39, 0.29) is 6.03 Å². The SMILES string of the molecule is COc1cc(OC)cc(C(NC(=O)NCCc2cccs2)c2nccn2C)c1. The van der Waals surface area contributed by atoms with Crippen LogP contribution >= 0.6 is 11.3 Å². The molecular formula is C20H24N4O3S. The third kappa shape index (κ3) is 4.83. The van der Waals surface area contributed by atoms with Crippen LogP contribution in [0.3, 0.4) is 0 Å². The number of methoxy groups -OCH3 is 2. The van der Waals surface area contributed by atoms with Crippen LogP contribution in [-0.2, 0) is 13.5 Å². The standard InChI is InChI=1S/C20H24N4O3S/c1-24-9-8-21-19(24)18(14-11-15(26-2)13-16(12-14)27-3)23-20(25)22-7-6-17-5-4-10-28-17/h4-5,8-13,18H,6-7H2,1-3H3,(H2,22,23,25). The highest BCUT2D eigenvalue weighted by molar-refractivity contribution is 7.09. The summed E-state index contributed by atoms with van der Waals surface area (Å²) < 4.78 is 12.6. The first-order chi connectivity index (χ1) is 13.6. The molecule has 0 aliphatic carbocycles. The third-order valence-electron chi connectivity index (χ3n) is 4.34. The van der Waals surface area contributed by atoms with E-state index in [1.165, 1.54) is 4.88 Å². The van der Waals surface area contributed by atoms with Crippen molar-refractivity contribution in [2.75, 3.05) is 20.8 Å². The Morgan fingerprint density at radius 3 is 2.57 bits per heavy atom. The minimum absolute atomic E-state index is 0.258. The zero-order valence-electron chi connectivity index (χ0n) is 16.1. The summed E-state index contributed by atoms with van der Waals surface area (Å²) in [5.41, 5.74) is 0.818. The van der Waals surface area contributed by atoms with E-state index >= 15 is 0 Å². The first kappa shape index (κ1) is 19.8. The van der Waals surface area contributed by atoms with Crippen molar-refractivity contribution in [2.45, 2.75) is 12.5 Å². The van der Waals surface area contributed by atoms with Crippen LogP contribution in [-0.4, -0.2) is 36.3 Å². The number of thiophene rings is 1. The Morgan fingerprint density at radius 2 is 2.00 bits per heavy atom. The van der Waals surface area contributed by atoms with Crippen molar-refractivity contribution < 1.29 is 14.3 Å². The highest BCUT2D eigenvalue weighted by atomic mass is 32.1. The van der Waals surface area contributed by atoms with Crippen molar-refractivity contribution >= 4 is 17.4 Å². The predicted octanol–water partition coefficient (Wildman–Crippen LogP) is 3.13. The number of aromatic nitrogens is 2. The van der Waals surface area contributed by atoms with Crippen LogP contribution in [0, 0.1) is 0 Å². The van der Waals surface area contributed by atoms with E-state index < -0.39 is 6.04 Å². The molecule has 3 rings (SSSR count).